The first kappa shape index (κ1) is 31.9. The van der Waals surface area contributed by atoms with Crippen LogP contribution < -0.4 is 0 Å². The first-order chi connectivity index (χ1) is 18.6. The Kier molecular flexibility index (Phi) is 10.6. The van der Waals surface area contributed by atoms with Crippen LogP contribution in [0, 0.1) is 12.8 Å². The molecular weight excluding hydrogens is 514 g/mol. The van der Waals surface area contributed by atoms with Crippen LogP contribution in [0.25, 0.3) is 0 Å². The van der Waals surface area contributed by atoms with Gasteiger partial charge in [-0.3, -0.25) is 0 Å². The Morgan fingerprint density at radius 3 is 2.00 bits per heavy atom. The summed E-state index contributed by atoms with van der Waals surface area (Å²) in [5, 5.41) is 0. The van der Waals surface area contributed by atoms with Crippen molar-refractivity contribution in [2.45, 2.75) is 123 Å². The average molecular weight is 562 g/mol. The van der Waals surface area contributed by atoms with E-state index in [1.165, 1.54) is 5.56 Å². The fourth-order valence-electron chi connectivity index (χ4n) is 5.01. The van der Waals surface area contributed by atoms with Gasteiger partial charge in [0, 0.05) is 5.92 Å². The van der Waals surface area contributed by atoms with Crippen molar-refractivity contribution in [2.24, 2.45) is 5.92 Å². The van der Waals surface area contributed by atoms with E-state index in [9.17, 15) is 14.4 Å². The van der Waals surface area contributed by atoms with Crippen LogP contribution in [0.3, 0.4) is 0 Å². The molecule has 0 aromatic heterocycles. The summed E-state index contributed by atoms with van der Waals surface area (Å²) in [6, 6.07) is 6.91. The molecule has 0 spiro atoms. The third-order valence-electron chi connectivity index (χ3n) is 6.87. The molecule has 224 valence electrons. The lowest BCUT2D eigenvalue weighted by atomic mass is 9.91. The van der Waals surface area contributed by atoms with Gasteiger partial charge >= 0.3 is 18.2 Å². The SMILES string of the molecule is Cc1ccc(CC2COCC(N(C(=O)OC(C)(C)C)C(=O)OC(C)(C)C)C(=O)OC(C)C2OC2CCCC2)cc1. The highest BCUT2D eigenvalue weighted by Crippen LogP contribution is 2.30. The molecule has 1 saturated heterocycles. The highest BCUT2D eigenvalue weighted by atomic mass is 16.6. The third kappa shape index (κ3) is 9.47. The van der Waals surface area contributed by atoms with Gasteiger partial charge in [0.05, 0.1) is 25.4 Å². The van der Waals surface area contributed by atoms with E-state index >= 15 is 0 Å². The van der Waals surface area contributed by atoms with Crippen molar-refractivity contribution in [1.29, 1.82) is 0 Å². The molecule has 2 fully saturated rings. The van der Waals surface area contributed by atoms with E-state index in [1.807, 2.05) is 6.92 Å². The second-order valence-electron chi connectivity index (χ2n) is 13.0. The molecule has 1 aliphatic heterocycles. The Balaban J connectivity index is 1.91. The van der Waals surface area contributed by atoms with Gasteiger partial charge in [0.1, 0.15) is 17.3 Å². The molecule has 40 heavy (non-hydrogen) atoms. The lowest BCUT2D eigenvalue weighted by molar-refractivity contribution is -0.167. The summed E-state index contributed by atoms with van der Waals surface area (Å²) < 4.78 is 29.6. The molecule has 1 aromatic rings. The summed E-state index contributed by atoms with van der Waals surface area (Å²) in [6.07, 6.45) is 1.79. The van der Waals surface area contributed by atoms with Crippen LogP contribution in [-0.2, 0) is 34.9 Å². The normalized spacial score (nSPS) is 24.9. The number of hydrogen-bond acceptors (Lipinski definition) is 8. The monoisotopic (exact) mass is 561 g/mol. The maximum Gasteiger partial charge on any atom is 0.420 e. The number of carbonyl (C=O) groups is 3. The van der Waals surface area contributed by atoms with Gasteiger partial charge in [-0.25, -0.2) is 14.4 Å². The summed E-state index contributed by atoms with van der Waals surface area (Å²) in [5.41, 5.74) is 0.473. The van der Waals surface area contributed by atoms with Crippen molar-refractivity contribution < 1.29 is 38.1 Å². The second kappa shape index (κ2) is 13.3. The molecular formula is C31H47NO8. The van der Waals surface area contributed by atoms with Crippen molar-refractivity contribution >= 4 is 18.2 Å². The molecule has 0 N–H and O–H groups in total. The molecule has 1 aromatic carbocycles. The molecule has 9 heteroatoms. The number of amides is 2. The number of benzene rings is 1. The zero-order valence-electron chi connectivity index (χ0n) is 25.4. The number of aryl methyl sites for hydroxylation is 1. The number of hydrogen-bond donors (Lipinski definition) is 0. The number of rotatable bonds is 5. The van der Waals surface area contributed by atoms with Gasteiger partial charge in [-0.15, -0.1) is 0 Å². The van der Waals surface area contributed by atoms with Gasteiger partial charge in [0.15, 0.2) is 6.04 Å². The van der Waals surface area contributed by atoms with Gasteiger partial charge < -0.3 is 23.7 Å². The van der Waals surface area contributed by atoms with Crippen molar-refractivity contribution in [1.82, 2.24) is 4.90 Å². The largest absolute Gasteiger partial charge is 0.458 e. The first-order valence-electron chi connectivity index (χ1n) is 14.4. The van der Waals surface area contributed by atoms with Crippen LogP contribution >= 0.6 is 0 Å². The van der Waals surface area contributed by atoms with Gasteiger partial charge in [0.2, 0.25) is 0 Å². The molecule has 0 bridgehead atoms. The van der Waals surface area contributed by atoms with Crippen LogP contribution in [0.4, 0.5) is 9.59 Å². The molecule has 1 aliphatic carbocycles. The quantitative estimate of drug-likeness (QED) is 0.320. The van der Waals surface area contributed by atoms with Crippen LogP contribution in [0.5, 0.6) is 0 Å². The van der Waals surface area contributed by atoms with E-state index in [2.05, 4.69) is 24.3 Å². The minimum absolute atomic E-state index is 0.0863. The minimum Gasteiger partial charge on any atom is -0.458 e. The van der Waals surface area contributed by atoms with Gasteiger partial charge in [0.25, 0.3) is 0 Å². The van der Waals surface area contributed by atoms with Crippen LogP contribution in [0.2, 0.25) is 0 Å². The average Bonchev–Trinajstić information content (AvgIpc) is 3.34. The van der Waals surface area contributed by atoms with Crippen molar-refractivity contribution in [3.05, 3.63) is 35.4 Å². The van der Waals surface area contributed by atoms with E-state index in [1.54, 1.807) is 48.5 Å². The number of esters is 1. The van der Waals surface area contributed by atoms with E-state index in [0.717, 1.165) is 31.2 Å². The molecule has 9 nitrogen and oxygen atoms in total. The Morgan fingerprint density at radius 1 is 0.925 bits per heavy atom. The second-order valence-corrected chi connectivity index (χ2v) is 13.0. The van der Waals surface area contributed by atoms with Crippen molar-refractivity contribution in [2.75, 3.05) is 13.2 Å². The maximum atomic E-state index is 13.6. The maximum absolute atomic E-state index is 13.6. The highest BCUT2D eigenvalue weighted by molar-refractivity contribution is 5.94. The lowest BCUT2D eigenvalue weighted by Crippen LogP contribution is -2.54. The summed E-state index contributed by atoms with van der Waals surface area (Å²) in [5.74, 6) is -0.901. The zero-order valence-corrected chi connectivity index (χ0v) is 25.4. The lowest BCUT2D eigenvalue weighted by Gasteiger charge is -2.33. The molecule has 0 radical (unpaired) electrons. The van der Waals surface area contributed by atoms with Gasteiger partial charge in [-0.1, -0.05) is 42.7 Å². The summed E-state index contributed by atoms with van der Waals surface area (Å²) in [4.78, 5) is 40.7. The van der Waals surface area contributed by atoms with E-state index in [0.29, 0.717) is 11.3 Å². The molecule has 1 heterocycles. The highest BCUT2D eigenvalue weighted by Gasteiger charge is 2.44. The Bertz CT molecular complexity index is 976. The Morgan fingerprint density at radius 2 is 1.48 bits per heavy atom. The van der Waals surface area contributed by atoms with Crippen molar-refractivity contribution in [3.8, 4) is 0 Å². The zero-order chi connectivity index (χ0) is 29.7. The summed E-state index contributed by atoms with van der Waals surface area (Å²) >= 11 is 0. The topological polar surface area (TPSA) is 101 Å². The smallest absolute Gasteiger partial charge is 0.420 e. The number of ether oxygens (including phenoxy) is 5. The van der Waals surface area contributed by atoms with Crippen LogP contribution in [0.1, 0.15) is 85.3 Å². The molecule has 2 aliphatic rings. The predicted octanol–water partition coefficient (Wildman–Crippen LogP) is 5.98. The molecule has 4 unspecified atom stereocenters. The van der Waals surface area contributed by atoms with E-state index in [4.69, 9.17) is 23.7 Å². The Hall–Kier alpha value is -2.65. The van der Waals surface area contributed by atoms with Crippen molar-refractivity contribution in [3.63, 3.8) is 0 Å². The Labute approximate surface area is 238 Å². The number of imide groups is 1. The molecule has 2 amide bonds. The van der Waals surface area contributed by atoms with Crippen LogP contribution in [-0.4, -0.2) is 71.8 Å². The third-order valence-corrected chi connectivity index (χ3v) is 6.87. The molecule has 3 rings (SSSR count). The van der Waals surface area contributed by atoms with E-state index in [-0.39, 0.29) is 25.2 Å². The fraction of sp³-hybridized carbons (Fsp3) is 0.710. The minimum atomic E-state index is -1.39. The molecule has 1 saturated carbocycles. The predicted molar refractivity (Wildman–Crippen MR) is 150 cm³/mol. The fourth-order valence-corrected chi connectivity index (χ4v) is 5.01. The number of carbonyl (C=O) groups excluding carboxylic acids is 3. The number of nitrogens with zero attached hydrogens (tertiary/aromatic N) is 1. The summed E-state index contributed by atoms with van der Waals surface area (Å²) in [6.45, 7) is 13.9. The van der Waals surface area contributed by atoms with Gasteiger partial charge in [-0.05, 0) is 80.2 Å². The molecule has 4 atom stereocenters. The first-order valence-corrected chi connectivity index (χ1v) is 14.4. The van der Waals surface area contributed by atoms with E-state index < -0.39 is 47.6 Å². The summed E-state index contributed by atoms with van der Waals surface area (Å²) in [7, 11) is 0. The standard InChI is InChI=1S/C31H47NO8/c1-20-13-15-22(16-14-20)17-23-18-36-19-25(27(33)37-21(2)26(23)38-24-11-9-10-12-24)32(28(34)39-30(3,4)5)29(35)40-31(6,7)8/h13-16,21,23-26H,9-12,17-19H2,1-8H3. The number of cyclic esters (lactones) is 1. The van der Waals surface area contributed by atoms with Crippen LogP contribution in [0.15, 0.2) is 24.3 Å². The van der Waals surface area contributed by atoms with Gasteiger partial charge in [-0.2, -0.15) is 4.90 Å².